The molecule has 1 aromatic heterocycles. The molecule has 1 N–H and O–H groups in total. The number of hydrogen-bond acceptors (Lipinski definition) is 5. The van der Waals surface area contributed by atoms with Crippen LogP contribution in [0, 0.1) is 13.8 Å². The number of H-pyrrole nitrogens is 1. The van der Waals surface area contributed by atoms with Crippen LogP contribution in [0.4, 0.5) is 0 Å². The average molecular weight is 288 g/mol. The first kappa shape index (κ1) is 16.9. The van der Waals surface area contributed by atoms with Crippen LogP contribution in [0.1, 0.15) is 45.6 Å². The van der Waals surface area contributed by atoms with Gasteiger partial charge in [0, 0.05) is 35.4 Å². The van der Waals surface area contributed by atoms with Gasteiger partial charge < -0.3 is 4.98 Å². The molecule has 0 bridgehead atoms. The molecular weight excluding hydrogens is 264 g/mol. The van der Waals surface area contributed by atoms with E-state index in [4.69, 9.17) is 0 Å². The van der Waals surface area contributed by atoms with Gasteiger partial charge in [-0.25, -0.2) is 9.98 Å². The molecule has 0 saturated carbocycles. The lowest BCUT2D eigenvalue weighted by Crippen LogP contribution is -1.90. The minimum Gasteiger partial charge on any atom is -0.346 e. The molecule has 21 heavy (non-hydrogen) atoms. The summed E-state index contributed by atoms with van der Waals surface area (Å²) in [6.45, 7) is 12.6. The van der Waals surface area contributed by atoms with Crippen molar-refractivity contribution >= 4 is 23.0 Å². The molecule has 0 aromatic carbocycles. The van der Waals surface area contributed by atoms with Crippen molar-refractivity contribution in [1.29, 1.82) is 0 Å². The Hall–Kier alpha value is -2.11. The molecule has 0 radical (unpaired) electrons. The summed E-state index contributed by atoms with van der Waals surface area (Å²) in [5.41, 5.74) is 4.49. The van der Waals surface area contributed by atoms with E-state index >= 15 is 0 Å². The molecule has 0 fully saturated rings. The number of nitrogens with zero attached hydrogens (tertiary/aromatic N) is 5. The van der Waals surface area contributed by atoms with Gasteiger partial charge in [0.1, 0.15) is 11.7 Å². The van der Waals surface area contributed by atoms with Gasteiger partial charge in [-0.3, -0.25) is 4.99 Å². The van der Waals surface area contributed by atoms with E-state index in [-0.39, 0.29) is 0 Å². The van der Waals surface area contributed by atoms with Gasteiger partial charge >= 0.3 is 0 Å². The molecule has 1 aromatic rings. The van der Waals surface area contributed by atoms with E-state index in [1.807, 2.05) is 47.7 Å². The molecule has 3 rings (SSSR count). The fourth-order valence-electron chi connectivity index (χ4n) is 1.73. The highest BCUT2D eigenvalue weighted by Gasteiger charge is 2.00. The highest BCUT2D eigenvalue weighted by atomic mass is 15.2. The summed E-state index contributed by atoms with van der Waals surface area (Å²) in [5, 5.41) is 7.64. The number of imidazole rings is 1. The second-order valence-electron chi connectivity index (χ2n) is 5.21. The lowest BCUT2D eigenvalue weighted by atomic mass is 10.2. The molecule has 3 heterocycles. The molecule has 0 unspecified atom stereocenters. The van der Waals surface area contributed by atoms with Gasteiger partial charge in [0.05, 0.1) is 6.54 Å². The van der Waals surface area contributed by atoms with Crippen molar-refractivity contribution in [1.82, 2.24) is 9.97 Å². The maximum Gasteiger partial charge on any atom is 0.120 e. The molecule has 0 aliphatic carbocycles. The van der Waals surface area contributed by atoms with Crippen LogP contribution < -0.4 is 0 Å². The molecule has 6 nitrogen and oxygen atoms in total. The predicted molar refractivity (Wildman–Crippen MR) is 90.0 cm³/mol. The first-order chi connectivity index (χ1) is 9.86. The average Bonchev–Trinajstić information content (AvgIpc) is 3.06. The molecule has 0 amide bonds. The summed E-state index contributed by atoms with van der Waals surface area (Å²) in [6.07, 6.45) is 2.79. The Morgan fingerprint density at radius 1 is 0.905 bits per heavy atom. The fraction of sp³-hybridized carbons (Fsp3) is 0.533. The lowest BCUT2D eigenvalue weighted by Gasteiger charge is -1.80. The van der Waals surface area contributed by atoms with Crippen molar-refractivity contribution in [2.24, 2.45) is 20.2 Å². The number of nitrogens with one attached hydrogen (secondary N) is 1. The number of aromatic nitrogens is 2. The molecule has 2 aliphatic heterocycles. The van der Waals surface area contributed by atoms with Gasteiger partial charge in [-0.05, 0) is 41.5 Å². The lowest BCUT2D eigenvalue weighted by molar-refractivity contribution is 1.13. The zero-order valence-electron chi connectivity index (χ0n) is 13.7. The van der Waals surface area contributed by atoms with Crippen molar-refractivity contribution in [3.63, 3.8) is 0 Å². The minimum absolute atomic E-state index is 0.811. The van der Waals surface area contributed by atoms with E-state index in [0.29, 0.717) is 0 Å². The van der Waals surface area contributed by atoms with Crippen LogP contribution in [0.2, 0.25) is 0 Å². The molecule has 6 heteroatoms. The molecular formula is C15H24N6. The summed E-state index contributed by atoms with van der Waals surface area (Å²) < 4.78 is 0. The standard InChI is InChI=1S/3C5H8N2/c2*1-4-3-6-5(2)7-4;1-4-3-5(2)7-6-4/h3H2,1-2H3;3H,1-2H3,(H,6,7);3H2,1-2H3. The van der Waals surface area contributed by atoms with E-state index in [2.05, 4.69) is 30.2 Å². The van der Waals surface area contributed by atoms with Gasteiger partial charge in [-0.15, -0.1) is 0 Å². The van der Waals surface area contributed by atoms with Crippen molar-refractivity contribution in [3.05, 3.63) is 17.7 Å². The fourth-order valence-corrected chi connectivity index (χ4v) is 1.73. The zero-order chi connectivity index (χ0) is 15.8. The number of aromatic amines is 1. The zero-order valence-corrected chi connectivity index (χ0v) is 13.7. The number of rotatable bonds is 0. The first-order valence-electron chi connectivity index (χ1n) is 6.97. The third-order valence-corrected chi connectivity index (χ3v) is 2.62. The third kappa shape index (κ3) is 7.29. The SMILES string of the molecule is CC1=NC(C)=NC1.CC1=NN=C(C)C1.Cc1cnc(C)[nH]1. The smallest absolute Gasteiger partial charge is 0.120 e. The van der Waals surface area contributed by atoms with Crippen molar-refractivity contribution in [2.45, 2.75) is 48.0 Å². The Bertz CT molecular complexity index is 557. The largest absolute Gasteiger partial charge is 0.346 e. The van der Waals surface area contributed by atoms with Crippen LogP contribution in [0.5, 0.6) is 0 Å². The summed E-state index contributed by atoms with van der Waals surface area (Å²) in [7, 11) is 0. The second-order valence-corrected chi connectivity index (χ2v) is 5.21. The van der Waals surface area contributed by atoms with E-state index in [1.165, 1.54) is 0 Å². The van der Waals surface area contributed by atoms with Crippen molar-refractivity contribution < 1.29 is 0 Å². The normalized spacial score (nSPS) is 15.9. The van der Waals surface area contributed by atoms with Gasteiger partial charge in [0.25, 0.3) is 0 Å². The maximum atomic E-state index is 4.06. The molecule has 2 aliphatic rings. The van der Waals surface area contributed by atoms with Crippen LogP contribution in [0.3, 0.4) is 0 Å². The second kappa shape index (κ2) is 8.24. The molecule has 0 saturated heterocycles. The van der Waals surface area contributed by atoms with Crippen LogP contribution in [0.25, 0.3) is 0 Å². The Kier molecular flexibility index (Phi) is 6.65. The summed E-state index contributed by atoms with van der Waals surface area (Å²) >= 11 is 0. The van der Waals surface area contributed by atoms with Crippen molar-refractivity contribution in [2.75, 3.05) is 6.54 Å². The quantitative estimate of drug-likeness (QED) is 0.782. The van der Waals surface area contributed by atoms with Gasteiger partial charge in [-0.1, -0.05) is 0 Å². The Labute approximate surface area is 126 Å². The van der Waals surface area contributed by atoms with Crippen LogP contribution in [-0.4, -0.2) is 39.5 Å². The van der Waals surface area contributed by atoms with Gasteiger partial charge in [0.2, 0.25) is 0 Å². The number of aryl methyl sites for hydroxylation is 2. The third-order valence-electron chi connectivity index (χ3n) is 2.62. The first-order valence-corrected chi connectivity index (χ1v) is 6.97. The molecule has 114 valence electrons. The Balaban J connectivity index is 0.000000157. The van der Waals surface area contributed by atoms with Gasteiger partial charge in [0.15, 0.2) is 0 Å². The molecule has 0 spiro atoms. The number of hydrogen-bond donors (Lipinski definition) is 1. The Morgan fingerprint density at radius 2 is 1.52 bits per heavy atom. The molecule has 0 atom stereocenters. The predicted octanol–water partition coefficient (Wildman–Crippen LogP) is 3.13. The summed E-state index contributed by atoms with van der Waals surface area (Å²) in [5.74, 6) is 1.90. The van der Waals surface area contributed by atoms with E-state index < -0.39 is 0 Å². The van der Waals surface area contributed by atoms with Crippen molar-refractivity contribution in [3.8, 4) is 0 Å². The monoisotopic (exact) mass is 288 g/mol. The highest BCUT2D eigenvalue weighted by molar-refractivity contribution is 6.05. The number of aliphatic imine (C=N–C) groups is 2. The summed E-state index contributed by atoms with van der Waals surface area (Å²) in [6, 6.07) is 0. The minimum atomic E-state index is 0.811. The van der Waals surface area contributed by atoms with Gasteiger partial charge in [-0.2, -0.15) is 10.2 Å². The topological polar surface area (TPSA) is 78.1 Å². The number of amidine groups is 1. The van der Waals surface area contributed by atoms with Crippen LogP contribution in [0.15, 0.2) is 26.4 Å². The highest BCUT2D eigenvalue weighted by Crippen LogP contribution is 1.99. The Morgan fingerprint density at radius 3 is 1.67 bits per heavy atom. The van der Waals surface area contributed by atoms with Crippen LogP contribution >= 0.6 is 0 Å². The summed E-state index contributed by atoms with van der Waals surface area (Å²) in [4.78, 5) is 15.1. The maximum absolute atomic E-state index is 4.06. The van der Waals surface area contributed by atoms with E-state index in [1.54, 1.807) is 0 Å². The van der Waals surface area contributed by atoms with E-state index in [9.17, 15) is 0 Å². The van der Waals surface area contributed by atoms with Crippen LogP contribution in [-0.2, 0) is 0 Å². The van der Waals surface area contributed by atoms with E-state index in [0.717, 1.165) is 47.5 Å².